The third-order valence-electron chi connectivity index (χ3n) is 6.25. The first kappa shape index (κ1) is 18.2. The van der Waals surface area contributed by atoms with Gasteiger partial charge in [-0.3, -0.25) is 0 Å². The Morgan fingerprint density at radius 2 is 1.73 bits per heavy atom. The summed E-state index contributed by atoms with van der Waals surface area (Å²) in [5, 5.41) is 10.7. The molecule has 3 heteroatoms. The van der Waals surface area contributed by atoms with Gasteiger partial charge in [0.25, 0.3) is 0 Å². The van der Waals surface area contributed by atoms with Gasteiger partial charge in [-0.15, -0.1) is 0 Å². The Labute approximate surface area is 165 Å². The molecule has 138 valence electrons. The van der Waals surface area contributed by atoms with Gasteiger partial charge in [0.15, 0.2) is 0 Å². The fourth-order valence-corrected chi connectivity index (χ4v) is 5.35. The number of aliphatic hydroxyl groups excluding tert-OH is 1. The highest BCUT2D eigenvalue weighted by Crippen LogP contribution is 2.36. The molecule has 4 rings (SSSR count). The maximum absolute atomic E-state index is 10.7. The van der Waals surface area contributed by atoms with Gasteiger partial charge in [0.1, 0.15) is 0 Å². The van der Waals surface area contributed by atoms with Crippen LogP contribution in [0.5, 0.6) is 0 Å². The maximum atomic E-state index is 10.7. The Morgan fingerprint density at radius 1 is 0.962 bits per heavy atom. The van der Waals surface area contributed by atoms with E-state index in [0.717, 1.165) is 29.4 Å². The summed E-state index contributed by atoms with van der Waals surface area (Å²) in [5.74, 6) is 1.30. The van der Waals surface area contributed by atoms with Crippen LogP contribution in [0.15, 0.2) is 53.0 Å². The third kappa shape index (κ3) is 4.05. The quantitative estimate of drug-likeness (QED) is 0.688. The van der Waals surface area contributed by atoms with E-state index in [4.69, 9.17) is 0 Å². The van der Waals surface area contributed by atoms with E-state index in [-0.39, 0.29) is 6.10 Å². The topological polar surface area (TPSA) is 23.5 Å². The van der Waals surface area contributed by atoms with Crippen molar-refractivity contribution in [2.45, 2.75) is 44.1 Å². The predicted octanol–water partition coefficient (Wildman–Crippen LogP) is 5.31. The molecule has 0 saturated carbocycles. The lowest BCUT2D eigenvalue weighted by atomic mass is 9.88. The van der Waals surface area contributed by atoms with Gasteiger partial charge in [0, 0.05) is 11.0 Å². The molecule has 0 bridgehead atoms. The lowest BCUT2D eigenvalue weighted by Crippen LogP contribution is -2.36. The van der Waals surface area contributed by atoms with Crippen LogP contribution in [0.1, 0.15) is 54.4 Å². The van der Waals surface area contributed by atoms with Crippen LogP contribution in [0.2, 0.25) is 0 Å². The second kappa shape index (κ2) is 8.24. The summed E-state index contributed by atoms with van der Waals surface area (Å²) in [6.07, 6.45) is 5.32. The molecule has 2 nitrogen and oxygen atoms in total. The Kier molecular flexibility index (Phi) is 5.78. The van der Waals surface area contributed by atoms with Crippen molar-refractivity contribution in [1.29, 1.82) is 0 Å². The number of likely N-dealkylation sites (tertiary alicyclic amines) is 1. The van der Waals surface area contributed by atoms with Crippen LogP contribution in [-0.4, -0.2) is 29.6 Å². The minimum atomic E-state index is -0.322. The number of piperidine rings is 1. The summed E-state index contributed by atoms with van der Waals surface area (Å²) in [6.45, 7) is 3.50. The molecule has 1 N–H and O–H groups in total. The molecule has 0 radical (unpaired) electrons. The van der Waals surface area contributed by atoms with E-state index in [1.807, 2.05) is 6.07 Å². The molecular weight excluding hydrogens is 386 g/mol. The van der Waals surface area contributed by atoms with Crippen molar-refractivity contribution in [3.63, 3.8) is 0 Å². The molecule has 1 fully saturated rings. The molecule has 26 heavy (non-hydrogen) atoms. The minimum Gasteiger partial charge on any atom is -0.388 e. The summed E-state index contributed by atoms with van der Waals surface area (Å²) < 4.78 is 1.15. The molecule has 0 spiro atoms. The fraction of sp³-hybridized carbons (Fsp3) is 0.478. The lowest BCUT2D eigenvalue weighted by molar-refractivity contribution is 0.117. The fourth-order valence-electron chi connectivity index (χ4n) is 4.77. The zero-order chi connectivity index (χ0) is 17.9. The molecule has 0 unspecified atom stereocenters. The van der Waals surface area contributed by atoms with Crippen LogP contribution in [-0.2, 0) is 6.42 Å². The standard InChI is InChI=1S/C23H28BrNO/c24-22-8-4-7-21-20(22)10-9-17(15-23(21)26)16-25-13-11-19(12-14-25)18-5-2-1-3-6-18/h1-8,17,19,23,26H,9-16H2/t17-,23-/m0/s1. The van der Waals surface area contributed by atoms with Gasteiger partial charge in [-0.2, -0.15) is 0 Å². The summed E-state index contributed by atoms with van der Waals surface area (Å²) in [6, 6.07) is 17.2. The first-order chi connectivity index (χ1) is 12.7. The summed E-state index contributed by atoms with van der Waals surface area (Å²) in [7, 11) is 0. The van der Waals surface area contributed by atoms with Gasteiger partial charge in [-0.1, -0.05) is 58.4 Å². The molecule has 2 aliphatic rings. The van der Waals surface area contributed by atoms with Crippen molar-refractivity contribution in [1.82, 2.24) is 4.90 Å². The van der Waals surface area contributed by atoms with Gasteiger partial charge in [-0.05, 0) is 79.8 Å². The van der Waals surface area contributed by atoms with Crippen molar-refractivity contribution >= 4 is 15.9 Å². The lowest BCUT2D eigenvalue weighted by Gasteiger charge is -2.34. The highest BCUT2D eigenvalue weighted by Gasteiger charge is 2.27. The van der Waals surface area contributed by atoms with E-state index >= 15 is 0 Å². The molecule has 0 amide bonds. The summed E-state index contributed by atoms with van der Waals surface area (Å²) in [4.78, 5) is 2.63. The molecule has 1 heterocycles. The number of benzene rings is 2. The molecular formula is C23H28BrNO. The Morgan fingerprint density at radius 3 is 2.50 bits per heavy atom. The predicted molar refractivity (Wildman–Crippen MR) is 110 cm³/mol. The monoisotopic (exact) mass is 413 g/mol. The number of aliphatic hydroxyl groups is 1. The highest BCUT2D eigenvalue weighted by molar-refractivity contribution is 9.10. The molecule has 0 aromatic heterocycles. The molecule has 2 atom stereocenters. The zero-order valence-corrected chi connectivity index (χ0v) is 16.9. The Balaban J connectivity index is 1.34. The third-order valence-corrected chi connectivity index (χ3v) is 6.99. The molecule has 2 aromatic rings. The molecule has 2 aromatic carbocycles. The van der Waals surface area contributed by atoms with Crippen LogP contribution in [0, 0.1) is 5.92 Å². The minimum absolute atomic E-state index is 0.322. The Bertz CT molecular complexity index is 724. The smallest absolute Gasteiger partial charge is 0.0796 e. The Hall–Kier alpha value is -1.16. The van der Waals surface area contributed by atoms with E-state index < -0.39 is 0 Å². The van der Waals surface area contributed by atoms with E-state index in [9.17, 15) is 5.11 Å². The van der Waals surface area contributed by atoms with Crippen molar-refractivity contribution in [3.8, 4) is 0 Å². The van der Waals surface area contributed by atoms with Crippen molar-refractivity contribution in [2.24, 2.45) is 5.92 Å². The first-order valence-corrected chi connectivity index (χ1v) is 10.7. The first-order valence-electron chi connectivity index (χ1n) is 9.93. The SMILES string of the molecule is O[C@H]1C[C@@H](CN2CCC(c3ccccc3)CC2)CCc2c(Br)cccc21. The number of halogens is 1. The number of hydrogen-bond acceptors (Lipinski definition) is 2. The van der Waals surface area contributed by atoms with Crippen molar-refractivity contribution in [2.75, 3.05) is 19.6 Å². The number of rotatable bonds is 3. The van der Waals surface area contributed by atoms with Crippen molar-refractivity contribution in [3.05, 3.63) is 69.7 Å². The van der Waals surface area contributed by atoms with E-state index in [2.05, 4.69) is 63.3 Å². The van der Waals surface area contributed by atoms with Gasteiger partial charge in [0.2, 0.25) is 0 Å². The summed E-state index contributed by atoms with van der Waals surface area (Å²) in [5.41, 5.74) is 3.94. The van der Waals surface area contributed by atoms with E-state index in [1.165, 1.54) is 43.5 Å². The second-order valence-corrected chi connectivity index (χ2v) is 8.80. The second-order valence-electron chi connectivity index (χ2n) is 7.95. The average molecular weight is 414 g/mol. The van der Waals surface area contributed by atoms with Crippen LogP contribution >= 0.6 is 15.9 Å². The molecule has 1 aliphatic heterocycles. The number of fused-ring (bicyclic) bond motifs is 1. The highest BCUT2D eigenvalue weighted by atomic mass is 79.9. The van der Waals surface area contributed by atoms with Gasteiger partial charge in [0.05, 0.1) is 6.10 Å². The van der Waals surface area contributed by atoms with Crippen LogP contribution in [0.4, 0.5) is 0 Å². The van der Waals surface area contributed by atoms with E-state index in [0.29, 0.717) is 11.8 Å². The van der Waals surface area contributed by atoms with Gasteiger partial charge >= 0.3 is 0 Å². The largest absolute Gasteiger partial charge is 0.388 e. The molecule has 1 aliphatic carbocycles. The van der Waals surface area contributed by atoms with Crippen LogP contribution in [0.3, 0.4) is 0 Å². The summed E-state index contributed by atoms with van der Waals surface area (Å²) >= 11 is 3.67. The van der Waals surface area contributed by atoms with E-state index in [1.54, 1.807) is 0 Å². The van der Waals surface area contributed by atoms with Gasteiger partial charge < -0.3 is 10.0 Å². The van der Waals surface area contributed by atoms with Crippen LogP contribution < -0.4 is 0 Å². The number of nitrogens with zero attached hydrogens (tertiary/aromatic N) is 1. The average Bonchev–Trinajstić information content (AvgIpc) is 2.83. The molecule has 1 saturated heterocycles. The normalized spacial score (nSPS) is 24.8. The maximum Gasteiger partial charge on any atom is 0.0796 e. The van der Waals surface area contributed by atoms with Crippen molar-refractivity contribution < 1.29 is 5.11 Å². The van der Waals surface area contributed by atoms with Crippen LogP contribution in [0.25, 0.3) is 0 Å². The zero-order valence-electron chi connectivity index (χ0n) is 15.3. The number of hydrogen-bond donors (Lipinski definition) is 1. The van der Waals surface area contributed by atoms with Gasteiger partial charge in [-0.25, -0.2) is 0 Å².